The quantitative estimate of drug-likeness (QED) is 0.865. The number of aromatic nitrogens is 3. The van der Waals surface area contributed by atoms with Crippen molar-refractivity contribution in [1.29, 1.82) is 0 Å². The van der Waals surface area contributed by atoms with Crippen LogP contribution in [0, 0.1) is 0 Å². The van der Waals surface area contributed by atoms with E-state index in [1.54, 1.807) is 6.20 Å². The molecule has 0 aliphatic heterocycles. The minimum atomic E-state index is 0.00416. The van der Waals surface area contributed by atoms with Crippen molar-refractivity contribution in [3.63, 3.8) is 0 Å². The Morgan fingerprint density at radius 2 is 2.17 bits per heavy atom. The van der Waals surface area contributed by atoms with E-state index in [0.717, 1.165) is 11.3 Å². The number of hydrogen-bond donors (Lipinski definition) is 1. The summed E-state index contributed by atoms with van der Waals surface area (Å²) in [6, 6.07) is 3.76. The van der Waals surface area contributed by atoms with Crippen molar-refractivity contribution < 1.29 is 0 Å². The van der Waals surface area contributed by atoms with Gasteiger partial charge in [-0.3, -0.25) is 4.68 Å². The number of nitrogens with zero attached hydrogens (tertiary/aromatic N) is 3. The molecule has 2 aromatic rings. The third kappa shape index (κ3) is 3.01. The summed E-state index contributed by atoms with van der Waals surface area (Å²) in [7, 11) is 0. The molecule has 0 aromatic carbocycles. The normalized spacial score (nSPS) is 11.6. The van der Waals surface area contributed by atoms with E-state index in [1.807, 2.05) is 29.2 Å². The van der Waals surface area contributed by atoms with Crippen LogP contribution in [0.5, 0.6) is 0 Å². The Kier molecular flexibility index (Phi) is 3.57. The molecule has 0 atom stereocenters. The van der Waals surface area contributed by atoms with Crippen LogP contribution in [-0.2, 0) is 12.1 Å². The van der Waals surface area contributed by atoms with Crippen LogP contribution in [0.4, 0.5) is 5.69 Å². The molecule has 0 radical (unpaired) electrons. The Morgan fingerprint density at radius 1 is 1.39 bits per heavy atom. The van der Waals surface area contributed by atoms with Crippen LogP contribution >= 0.6 is 11.6 Å². The Bertz CT molecular complexity index is 528. The fourth-order valence-corrected chi connectivity index (χ4v) is 1.72. The van der Waals surface area contributed by atoms with Crippen molar-refractivity contribution in [3.05, 3.63) is 41.4 Å². The number of halogens is 1. The molecular weight excluding hydrogens is 248 g/mol. The highest BCUT2D eigenvalue weighted by Crippen LogP contribution is 2.19. The van der Waals surface area contributed by atoms with E-state index in [1.165, 1.54) is 0 Å². The summed E-state index contributed by atoms with van der Waals surface area (Å²) < 4.78 is 1.95. The van der Waals surface area contributed by atoms with Crippen molar-refractivity contribution in [1.82, 2.24) is 14.8 Å². The van der Waals surface area contributed by atoms with Gasteiger partial charge in [-0.1, -0.05) is 11.6 Å². The zero-order valence-electron chi connectivity index (χ0n) is 10.8. The average Bonchev–Trinajstić information content (AvgIpc) is 2.76. The predicted octanol–water partition coefficient (Wildman–Crippen LogP) is 3.30. The molecule has 2 rings (SSSR count). The Morgan fingerprint density at radius 3 is 2.78 bits per heavy atom. The van der Waals surface area contributed by atoms with Crippen LogP contribution in [0.3, 0.4) is 0 Å². The van der Waals surface area contributed by atoms with Gasteiger partial charge in [0.15, 0.2) is 5.15 Å². The minimum Gasteiger partial charge on any atom is -0.378 e. The Balaban J connectivity index is 2.03. The summed E-state index contributed by atoms with van der Waals surface area (Å²) in [6.07, 6.45) is 5.57. The summed E-state index contributed by atoms with van der Waals surface area (Å²) in [6.45, 7) is 7.04. The maximum absolute atomic E-state index is 5.97. The predicted molar refractivity (Wildman–Crippen MR) is 73.8 cm³/mol. The maximum atomic E-state index is 5.97. The second-order valence-corrected chi connectivity index (χ2v) is 5.52. The molecule has 2 aromatic heterocycles. The molecular formula is C13H17ClN4. The van der Waals surface area contributed by atoms with E-state index in [2.05, 4.69) is 36.2 Å². The van der Waals surface area contributed by atoms with Gasteiger partial charge in [-0.15, -0.1) is 0 Å². The highest BCUT2D eigenvalue weighted by molar-refractivity contribution is 6.31. The first-order chi connectivity index (χ1) is 8.47. The molecule has 4 nitrogen and oxygen atoms in total. The van der Waals surface area contributed by atoms with E-state index in [-0.39, 0.29) is 5.54 Å². The van der Waals surface area contributed by atoms with E-state index >= 15 is 0 Å². The topological polar surface area (TPSA) is 42.7 Å². The number of nitrogens with one attached hydrogen (secondary N) is 1. The van der Waals surface area contributed by atoms with Gasteiger partial charge in [0.25, 0.3) is 0 Å². The second kappa shape index (κ2) is 4.98. The zero-order chi connectivity index (χ0) is 13.2. The van der Waals surface area contributed by atoms with Crippen molar-refractivity contribution in [2.45, 2.75) is 32.9 Å². The highest BCUT2D eigenvalue weighted by Gasteiger charge is 2.13. The van der Waals surface area contributed by atoms with Gasteiger partial charge in [0.1, 0.15) is 0 Å². The maximum Gasteiger partial charge on any atom is 0.152 e. The van der Waals surface area contributed by atoms with Crippen LogP contribution in [0.15, 0.2) is 30.7 Å². The summed E-state index contributed by atoms with van der Waals surface area (Å²) in [5.41, 5.74) is 1.96. The Labute approximate surface area is 112 Å². The first kappa shape index (κ1) is 12.9. The molecule has 1 N–H and O–H groups in total. The number of rotatable bonds is 3. The Hall–Kier alpha value is -1.55. The van der Waals surface area contributed by atoms with Crippen molar-refractivity contribution in [2.24, 2.45) is 0 Å². The summed E-state index contributed by atoms with van der Waals surface area (Å²) in [5.74, 6) is 0. The van der Waals surface area contributed by atoms with Crippen LogP contribution in [0.2, 0.25) is 5.15 Å². The monoisotopic (exact) mass is 264 g/mol. The highest BCUT2D eigenvalue weighted by atomic mass is 35.5. The molecule has 0 saturated heterocycles. The largest absolute Gasteiger partial charge is 0.378 e. The van der Waals surface area contributed by atoms with Gasteiger partial charge in [-0.2, -0.15) is 5.10 Å². The lowest BCUT2D eigenvalue weighted by Crippen LogP contribution is -2.21. The summed E-state index contributed by atoms with van der Waals surface area (Å²) in [4.78, 5) is 4.02. The third-order valence-corrected chi connectivity index (χ3v) is 2.87. The van der Waals surface area contributed by atoms with Gasteiger partial charge in [-0.05, 0) is 32.9 Å². The molecule has 2 heterocycles. The van der Waals surface area contributed by atoms with Gasteiger partial charge in [-0.25, -0.2) is 4.98 Å². The van der Waals surface area contributed by atoms with Crippen LogP contribution in [0.25, 0.3) is 0 Å². The third-order valence-electron chi connectivity index (χ3n) is 2.57. The lowest BCUT2D eigenvalue weighted by Gasteiger charge is -2.18. The number of hydrogen-bond acceptors (Lipinski definition) is 3. The number of pyridine rings is 1. The molecule has 0 amide bonds. The van der Waals surface area contributed by atoms with Crippen LogP contribution in [-0.4, -0.2) is 14.8 Å². The average molecular weight is 265 g/mol. The molecule has 0 saturated carbocycles. The van der Waals surface area contributed by atoms with Gasteiger partial charge < -0.3 is 5.32 Å². The molecule has 0 bridgehead atoms. The molecule has 0 aliphatic carbocycles. The SMILES string of the molecule is CC(C)(C)n1cc(CNc2cccnc2Cl)cn1. The van der Waals surface area contributed by atoms with E-state index in [4.69, 9.17) is 11.6 Å². The summed E-state index contributed by atoms with van der Waals surface area (Å²) >= 11 is 5.97. The fraction of sp³-hybridized carbons (Fsp3) is 0.385. The zero-order valence-corrected chi connectivity index (χ0v) is 11.6. The lowest BCUT2D eigenvalue weighted by atomic mass is 10.1. The fourth-order valence-electron chi connectivity index (χ4n) is 1.53. The van der Waals surface area contributed by atoms with E-state index < -0.39 is 0 Å². The van der Waals surface area contributed by atoms with E-state index in [9.17, 15) is 0 Å². The van der Waals surface area contributed by atoms with Crippen molar-refractivity contribution in [3.8, 4) is 0 Å². The van der Waals surface area contributed by atoms with Crippen molar-refractivity contribution >= 4 is 17.3 Å². The van der Waals surface area contributed by atoms with Gasteiger partial charge in [0.05, 0.1) is 17.4 Å². The lowest BCUT2D eigenvalue weighted by molar-refractivity contribution is 0.355. The van der Waals surface area contributed by atoms with Crippen molar-refractivity contribution in [2.75, 3.05) is 5.32 Å². The standard InChI is InChI=1S/C13H17ClN4/c1-13(2,3)18-9-10(8-17-18)7-16-11-5-4-6-15-12(11)14/h4-6,8-9,16H,7H2,1-3H3. The van der Waals surface area contributed by atoms with Gasteiger partial charge in [0.2, 0.25) is 0 Å². The number of anilines is 1. The van der Waals surface area contributed by atoms with E-state index in [0.29, 0.717) is 11.7 Å². The van der Waals surface area contributed by atoms with Gasteiger partial charge in [0, 0.05) is 24.5 Å². The summed E-state index contributed by atoms with van der Waals surface area (Å²) in [5, 5.41) is 8.08. The molecule has 96 valence electrons. The molecule has 5 heteroatoms. The molecule has 0 spiro atoms. The van der Waals surface area contributed by atoms with Crippen LogP contribution < -0.4 is 5.32 Å². The van der Waals surface area contributed by atoms with Gasteiger partial charge >= 0.3 is 0 Å². The van der Waals surface area contributed by atoms with Crippen LogP contribution in [0.1, 0.15) is 26.3 Å². The molecule has 0 unspecified atom stereocenters. The molecule has 0 aliphatic rings. The smallest absolute Gasteiger partial charge is 0.152 e. The minimum absolute atomic E-state index is 0.00416. The first-order valence-corrected chi connectivity index (χ1v) is 6.23. The first-order valence-electron chi connectivity index (χ1n) is 5.85. The molecule has 18 heavy (non-hydrogen) atoms. The second-order valence-electron chi connectivity index (χ2n) is 5.16. The molecule has 0 fully saturated rings.